The fraction of sp³-hybridized carbons (Fsp3) is 0.143. The summed E-state index contributed by atoms with van der Waals surface area (Å²) in [5.41, 5.74) is -0.999. The molecular formula is C7H2ClF2IN2O2S. The maximum atomic E-state index is 12.4. The van der Waals surface area contributed by atoms with E-state index in [1.807, 2.05) is 0 Å². The fourth-order valence-corrected chi connectivity index (χ4v) is 3.41. The largest absolute Gasteiger partial charge is 0.280 e. The van der Waals surface area contributed by atoms with Crippen molar-refractivity contribution in [2.75, 3.05) is 0 Å². The summed E-state index contributed by atoms with van der Waals surface area (Å²) < 4.78 is 46.8. The van der Waals surface area contributed by atoms with Gasteiger partial charge in [0.25, 0.3) is 15.5 Å². The highest BCUT2D eigenvalue weighted by Crippen LogP contribution is 2.27. The third kappa shape index (κ3) is 2.78. The van der Waals surface area contributed by atoms with Crippen LogP contribution in [-0.4, -0.2) is 13.4 Å². The van der Waals surface area contributed by atoms with Crippen LogP contribution >= 0.6 is 33.3 Å². The predicted octanol–water partition coefficient (Wildman–Crippen LogP) is 2.42. The molecule has 4 nitrogen and oxygen atoms in total. The van der Waals surface area contributed by atoms with Crippen molar-refractivity contribution < 1.29 is 17.2 Å². The minimum Gasteiger partial charge on any atom is -0.233 e. The molecule has 0 saturated carbocycles. The highest BCUT2D eigenvalue weighted by Gasteiger charge is 2.23. The Hall–Kier alpha value is -0.530. The van der Waals surface area contributed by atoms with Crippen molar-refractivity contribution in [3.63, 3.8) is 0 Å². The third-order valence-electron chi connectivity index (χ3n) is 1.52. The predicted molar refractivity (Wildman–Crippen MR) is 59.7 cm³/mol. The molecule has 0 aliphatic rings. The number of rotatable bonds is 2. The first-order valence-electron chi connectivity index (χ1n) is 3.60. The van der Waals surface area contributed by atoms with Gasteiger partial charge in [0.2, 0.25) is 0 Å². The standard InChI is InChI=1S/C7H2ClF2IN2O2S/c8-16(14,15)7-5(11)3(2-12)1-4(13-7)6(9)10/h1,6H. The van der Waals surface area contributed by atoms with Crippen molar-refractivity contribution in [2.24, 2.45) is 0 Å². The highest BCUT2D eigenvalue weighted by molar-refractivity contribution is 14.1. The van der Waals surface area contributed by atoms with E-state index in [2.05, 4.69) is 4.98 Å². The van der Waals surface area contributed by atoms with Crippen LogP contribution in [0.3, 0.4) is 0 Å². The molecule has 16 heavy (non-hydrogen) atoms. The normalized spacial score (nSPS) is 11.5. The van der Waals surface area contributed by atoms with Gasteiger partial charge in [-0.2, -0.15) is 5.26 Å². The van der Waals surface area contributed by atoms with Crippen LogP contribution in [-0.2, 0) is 9.05 Å². The summed E-state index contributed by atoms with van der Waals surface area (Å²) in [7, 11) is 0.767. The third-order valence-corrected chi connectivity index (χ3v) is 4.18. The lowest BCUT2D eigenvalue weighted by Crippen LogP contribution is -2.05. The van der Waals surface area contributed by atoms with Crippen LogP contribution in [0, 0.1) is 14.9 Å². The number of halogens is 4. The molecule has 1 rings (SSSR count). The zero-order valence-electron chi connectivity index (χ0n) is 7.29. The zero-order chi connectivity index (χ0) is 12.5. The molecular weight excluding hydrogens is 377 g/mol. The number of alkyl halides is 2. The quantitative estimate of drug-likeness (QED) is 0.585. The van der Waals surface area contributed by atoms with Gasteiger partial charge in [-0.3, -0.25) is 0 Å². The number of nitrogens with zero attached hydrogens (tertiary/aromatic N) is 2. The monoisotopic (exact) mass is 378 g/mol. The molecule has 0 aliphatic heterocycles. The van der Waals surface area contributed by atoms with Crippen molar-refractivity contribution in [1.82, 2.24) is 4.98 Å². The Kier molecular flexibility index (Phi) is 4.03. The van der Waals surface area contributed by atoms with E-state index in [0.717, 1.165) is 6.07 Å². The van der Waals surface area contributed by atoms with E-state index in [1.165, 1.54) is 22.6 Å². The van der Waals surface area contributed by atoms with E-state index in [4.69, 9.17) is 15.9 Å². The van der Waals surface area contributed by atoms with Gasteiger partial charge in [-0.05, 0) is 28.7 Å². The summed E-state index contributed by atoms with van der Waals surface area (Å²) in [6.07, 6.45) is -2.97. The van der Waals surface area contributed by atoms with Gasteiger partial charge in [0.1, 0.15) is 11.8 Å². The van der Waals surface area contributed by atoms with Crippen LogP contribution < -0.4 is 0 Å². The maximum absolute atomic E-state index is 12.4. The van der Waals surface area contributed by atoms with Gasteiger partial charge < -0.3 is 0 Å². The number of pyridine rings is 1. The van der Waals surface area contributed by atoms with Crippen LogP contribution in [0.15, 0.2) is 11.1 Å². The van der Waals surface area contributed by atoms with Gasteiger partial charge in [0.05, 0.1) is 9.13 Å². The van der Waals surface area contributed by atoms with Gasteiger partial charge in [-0.25, -0.2) is 22.2 Å². The van der Waals surface area contributed by atoms with Gasteiger partial charge >= 0.3 is 0 Å². The molecule has 0 amide bonds. The topological polar surface area (TPSA) is 70.8 Å². The Morgan fingerprint density at radius 1 is 1.56 bits per heavy atom. The molecule has 0 aliphatic carbocycles. The van der Waals surface area contributed by atoms with Crippen molar-refractivity contribution >= 4 is 42.3 Å². The molecule has 0 atom stereocenters. The molecule has 0 spiro atoms. The lowest BCUT2D eigenvalue weighted by molar-refractivity contribution is 0.145. The second kappa shape index (κ2) is 4.77. The Morgan fingerprint density at radius 3 is 2.50 bits per heavy atom. The van der Waals surface area contributed by atoms with E-state index in [1.54, 1.807) is 6.07 Å². The molecule has 1 heterocycles. The maximum Gasteiger partial charge on any atom is 0.280 e. The molecule has 1 aromatic rings. The second-order valence-electron chi connectivity index (χ2n) is 2.56. The molecule has 1 aromatic heterocycles. The lowest BCUT2D eigenvalue weighted by atomic mass is 10.2. The molecule has 0 fully saturated rings. The Balaban J connectivity index is 3.63. The zero-order valence-corrected chi connectivity index (χ0v) is 11.0. The molecule has 0 N–H and O–H groups in total. The number of aromatic nitrogens is 1. The van der Waals surface area contributed by atoms with Crippen molar-refractivity contribution in [1.29, 1.82) is 5.26 Å². The lowest BCUT2D eigenvalue weighted by Gasteiger charge is -2.05. The average Bonchev–Trinajstić information content (AvgIpc) is 2.15. The first kappa shape index (κ1) is 13.5. The minimum atomic E-state index is -4.25. The van der Waals surface area contributed by atoms with Crippen LogP contribution in [0.4, 0.5) is 8.78 Å². The van der Waals surface area contributed by atoms with E-state index in [0.29, 0.717) is 0 Å². The molecule has 0 aromatic carbocycles. The Morgan fingerprint density at radius 2 is 2.12 bits per heavy atom. The first-order valence-corrected chi connectivity index (χ1v) is 6.99. The van der Waals surface area contributed by atoms with Crippen LogP contribution in [0.25, 0.3) is 0 Å². The van der Waals surface area contributed by atoms with Crippen molar-refractivity contribution in [3.05, 3.63) is 20.9 Å². The van der Waals surface area contributed by atoms with Crippen molar-refractivity contribution in [2.45, 2.75) is 11.5 Å². The summed E-state index contributed by atoms with van der Waals surface area (Å²) in [4.78, 5) is 3.22. The van der Waals surface area contributed by atoms with E-state index in [9.17, 15) is 17.2 Å². The van der Waals surface area contributed by atoms with Gasteiger partial charge in [0, 0.05) is 10.7 Å². The summed E-state index contributed by atoms with van der Waals surface area (Å²) in [6, 6.07) is 2.43. The van der Waals surface area contributed by atoms with E-state index >= 15 is 0 Å². The SMILES string of the molecule is N#Cc1cc(C(F)F)nc(S(=O)(=O)Cl)c1I. The molecule has 0 saturated heterocycles. The van der Waals surface area contributed by atoms with Crippen LogP contribution in [0.2, 0.25) is 0 Å². The minimum absolute atomic E-state index is 0.0699. The van der Waals surface area contributed by atoms with Gasteiger partial charge in [0.15, 0.2) is 5.03 Å². The Bertz CT molecular complexity index is 570. The van der Waals surface area contributed by atoms with E-state index in [-0.39, 0.29) is 9.13 Å². The molecule has 86 valence electrons. The number of hydrogen-bond acceptors (Lipinski definition) is 4. The highest BCUT2D eigenvalue weighted by atomic mass is 127. The Labute approximate surface area is 108 Å². The van der Waals surface area contributed by atoms with Gasteiger partial charge in [-0.1, -0.05) is 0 Å². The summed E-state index contributed by atoms with van der Waals surface area (Å²) in [5, 5.41) is 7.93. The number of nitriles is 1. The average molecular weight is 379 g/mol. The molecule has 0 radical (unpaired) electrons. The van der Waals surface area contributed by atoms with Crippen molar-refractivity contribution in [3.8, 4) is 6.07 Å². The smallest absolute Gasteiger partial charge is 0.233 e. The number of hydrogen-bond donors (Lipinski definition) is 0. The molecule has 0 unspecified atom stereocenters. The molecule has 0 bridgehead atoms. The van der Waals surface area contributed by atoms with E-state index < -0.39 is 26.2 Å². The van der Waals surface area contributed by atoms with Gasteiger partial charge in [-0.15, -0.1) is 0 Å². The summed E-state index contributed by atoms with van der Waals surface area (Å²) in [5.74, 6) is 0. The van der Waals surface area contributed by atoms with Crippen LogP contribution in [0.5, 0.6) is 0 Å². The fourth-order valence-electron chi connectivity index (χ4n) is 0.880. The molecule has 9 heteroatoms. The first-order chi connectivity index (χ1) is 7.27. The summed E-state index contributed by atoms with van der Waals surface area (Å²) in [6.45, 7) is 0. The second-order valence-corrected chi connectivity index (χ2v) is 6.12. The van der Waals surface area contributed by atoms with Crippen LogP contribution in [0.1, 0.15) is 17.7 Å². The summed E-state index contributed by atoms with van der Waals surface area (Å²) >= 11 is 1.51.